The van der Waals surface area contributed by atoms with Crippen LogP contribution in [0.1, 0.15) is 18.3 Å². The number of hydrogen-bond acceptors (Lipinski definition) is 3. The minimum atomic E-state index is 0.515. The quantitative estimate of drug-likeness (QED) is 0.768. The highest BCUT2D eigenvalue weighted by Crippen LogP contribution is 2.13. The van der Waals surface area contributed by atoms with Crippen molar-refractivity contribution in [3.8, 4) is 0 Å². The molecule has 0 spiro atoms. The van der Waals surface area contributed by atoms with E-state index >= 15 is 0 Å². The van der Waals surface area contributed by atoms with Crippen molar-refractivity contribution in [2.24, 2.45) is 12.8 Å². The summed E-state index contributed by atoms with van der Waals surface area (Å²) in [5, 5.41) is 0. The van der Waals surface area contributed by atoms with E-state index in [0.717, 1.165) is 29.0 Å². The zero-order valence-electron chi connectivity index (χ0n) is 8.49. The number of pyridine rings is 1. The molecule has 2 N–H and O–H groups in total. The van der Waals surface area contributed by atoms with Crippen LogP contribution >= 0.6 is 0 Å². The summed E-state index contributed by atoms with van der Waals surface area (Å²) >= 11 is 0. The zero-order valence-corrected chi connectivity index (χ0v) is 8.49. The molecule has 2 heterocycles. The summed E-state index contributed by atoms with van der Waals surface area (Å²) in [7, 11) is 1.99. The number of aromatic nitrogens is 3. The molecule has 0 aliphatic rings. The lowest BCUT2D eigenvalue weighted by molar-refractivity contribution is 0.821. The predicted molar refractivity (Wildman–Crippen MR) is 55.8 cm³/mol. The Balaban J connectivity index is 2.66. The van der Waals surface area contributed by atoms with E-state index in [9.17, 15) is 0 Å². The highest BCUT2D eigenvalue weighted by atomic mass is 15.1. The van der Waals surface area contributed by atoms with Gasteiger partial charge in [0.25, 0.3) is 0 Å². The molecule has 2 aromatic heterocycles. The minimum absolute atomic E-state index is 0.515. The Morgan fingerprint density at radius 3 is 2.93 bits per heavy atom. The van der Waals surface area contributed by atoms with Crippen LogP contribution in [0, 0.1) is 0 Å². The van der Waals surface area contributed by atoms with Crippen LogP contribution in [0.5, 0.6) is 0 Å². The number of hydrogen-bond donors (Lipinski definition) is 1. The molecular weight excluding hydrogens is 176 g/mol. The van der Waals surface area contributed by atoms with E-state index in [0.29, 0.717) is 6.54 Å². The van der Waals surface area contributed by atoms with Gasteiger partial charge >= 0.3 is 0 Å². The summed E-state index contributed by atoms with van der Waals surface area (Å²) in [6.07, 6.45) is 2.73. The average Bonchev–Trinajstić information content (AvgIpc) is 2.55. The second-order valence-electron chi connectivity index (χ2n) is 3.33. The van der Waals surface area contributed by atoms with Gasteiger partial charge in [0.2, 0.25) is 0 Å². The van der Waals surface area contributed by atoms with E-state index in [-0.39, 0.29) is 0 Å². The topological polar surface area (TPSA) is 56.7 Å². The summed E-state index contributed by atoms with van der Waals surface area (Å²) in [4.78, 5) is 8.82. The number of nitrogens with zero attached hydrogens (tertiary/aromatic N) is 3. The lowest BCUT2D eigenvalue weighted by atomic mass is 10.3. The molecule has 0 atom stereocenters. The summed E-state index contributed by atoms with van der Waals surface area (Å²) < 4.78 is 2.02. The van der Waals surface area contributed by atoms with Gasteiger partial charge in [-0.05, 0) is 11.6 Å². The highest BCUT2D eigenvalue weighted by Gasteiger charge is 2.06. The predicted octanol–water partition coefficient (Wildman–Crippen LogP) is 0.989. The van der Waals surface area contributed by atoms with Gasteiger partial charge in [0.15, 0.2) is 5.65 Å². The number of fused-ring (bicyclic) bond motifs is 1. The molecule has 0 aliphatic heterocycles. The van der Waals surface area contributed by atoms with Crippen molar-refractivity contribution in [2.45, 2.75) is 19.9 Å². The van der Waals surface area contributed by atoms with Gasteiger partial charge in [-0.15, -0.1) is 0 Å². The van der Waals surface area contributed by atoms with E-state index in [1.165, 1.54) is 0 Å². The zero-order chi connectivity index (χ0) is 10.1. The number of nitrogens with two attached hydrogens (primary N) is 1. The van der Waals surface area contributed by atoms with Crippen molar-refractivity contribution in [3.05, 3.63) is 23.7 Å². The van der Waals surface area contributed by atoms with E-state index < -0.39 is 0 Å². The first-order chi connectivity index (χ1) is 6.76. The molecule has 0 aromatic carbocycles. The normalized spacial score (nSPS) is 11.1. The second-order valence-corrected chi connectivity index (χ2v) is 3.33. The molecule has 14 heavy (non-hydrogen) atoms. The molecule has 0 saturated carbocycles. The maximum Gasteiger partial charge on any atom is 0.159 e. The number of imidazole rings is 1. The Kier molecular flexibility index (Phi) is 2.21. The molecule has 4 nitrogen and oxygen atoms in total. The third-order valence-electron chi connectivity index (χ3n) is 2.41. The molecule has 0 bridgehead atoms. The summed E-state index contributed by atoms with van der Waals surface area (Å²) in [5.74, 6) is 1.06. The largest absolute Gasteiger partial charge is 0.326 e. The molecule has 0 amide bonds. The molecule has 0 fully saturated rings. The van der Waals surface area contributed by atoms with Crippen LogP contribution in [0.4, 0.5) is 0 Å². The van der Waals surface area contributed by atoms with Crippen LogP contribution < -0.4 is 5.73 Å². The van der Waals surface area contributed by atoms with E-state index in [1.807, 2.05) is 23.9 Å². The van der Waals surface area contributed by atoms with E-state index in [2.05, 4.69) is 16.9 Å². The Labute approximate surface area is 82.8 Å². The van der Waals surface area contributed by atoms with Crippen molar-refractivity contribution >= 4 is 11.2 Å². The van der Waals surface area contributed by atoms with Gasteiger partial charge in [-0.1, -0.05) is 6.92 Å². The van der Waals surface area contributed by atoms with Crippen LogP contribution in [0.3, 0.4) is 0 Å². The van der Waals surface area contributed by atoms with Crippen LogP contribution in [0.2, 0.25) is 0 Å². The fourth-order valence-corrected chi connectivity index (χ4v) is 1.59. The van der Waals surface area contributed by atoms with Gasteiger partial charge in [-0.3, -0.25) is 0 Å². The Bertz CT molecular complexity index is 458. The van der Waals surface area contributed by atoms with Crippen molar-refractivity contribution in [3.63, 3.8) is 0 Å². The average molecular weight is 190 g/mol. The first-order valence-electron chi connectivity index (χ1n) is 4.76. The Morgan fingerprint density at radius 1 is 1.50 bits per heavy atom. The van der Waals surface area contributed by atoms with Crippen molar-refractivity contribution < 1.29 is 0 Å². The molecule has 0 unspecified atom stereocenters. The summed E-state index contributed by atoms with van der Waals surface area (Å²) in [6, 6.07) is 2.00. The molecule has 2 aromatic rings. The fraction of sp³-hybridized carbons (Fsp3) is 0.400. The maximum absolute atomic E-state index is 5.54. The number of aryl methyl sites for hydroxylation is 2. The third-order valence-corrected chi connectivity index (χ3v) is 2.41. The molecular formula is C10H14N4. The first-order valence-corrected chi connectivity index (χ1v) is 4.76. The van der Waals surface area contributed by atoms with Crippen LogP contribution in [-0.2, 0) is 20.0 Å². The smallest absolute Gasteiger partial charge is 0.159 e. The standard InChI is InChI=1S/C10H14N4/c1-3-9-13-8-4-7(5-11)6-12-10(8)14(9)2/h4,6H,3,5,11H2,1-2H3. The second kappa shape index (κ2) is 3.38. The van der Waals surface area contributed by atoms with Crippen LogP contribution in [0.25, 0.3) is 11.2 Å². The van der Waals surface area contributed by atoms with E-state index in [1.54, 1.807) is 0 Å². The van der Waals surface area contributed by atoms with Crippen LogP contribution in [0.15, 0.2) is 12.3 Å². The molecule has 4 heteroatoms. The fourth-order valence-electron chi connectivity index (χ4n) is 1.59. The lowest BCUT2D eigenvalue weighted by Gasteiger charge is -1.97. The Hall–Kier alpha value is -1.42. The van der Waals surface area contributed by atoms with Gasteiger partial charge in [0, 0.05) is 26.2 Å². The SMILES string of the molecule is CCc1nc2cc(CN)cnc2n1C. The first kappa shape index (κ1) is 9.15. The number of rotatable bonds is 2. The van der Waals surface area contributed by atoms with Crippen LogP contribution in [-0.4, -0.2) is 14.5 Å². The van der Waals surface area contributed by atoms with Crippen molar-refractivity contribution in [1.29, 1.82) is 0 Å². The maximum atomic E-state index is 5.54. The lowest BCUT2D eigenvalue weighted by Crippen LogP contribution is -1.98. The van der Waals surface area contributed by atoms with Gasteiger partial charge < -0.3 is 10.3 Å². The van der Waals surface area contributed by atoms with Gasteiger partial charge in [-0.25, -0.2) is 9.97 Å². The molecule has 2 rings (SSSR count). The van der Waals surface area contributed by atoms with Crippen molar-refractivity contribution in [1.82, 2.24) is 14.5 Å². The van der Waals surface area contributed by atoms with Gasteiger partial charge in [0.05, 0.1) is 0 Å². The van der Waals surface area contributed by atoms with Gasteiger partial charge in [-0.2, -0.15) is 0 Å². The highest BCUT2D eigenvalue weighted by molar-refractivity contribution is 5.72. The molecule has 74 valence electrons. The Morgan fingerprint density at radius 2 is 2.29 bits per heavy atom. The summed E-state index contributed by atoms with van der Waals surface area (Å²) in [5.41, 5.74) is 8.44. The molecule has 0 saturated heterocycles. The van der Waals surface area contributed by atoms with Gasteiger partial charge in [0.1, 0.15) is 11.3 Å². The third kappa shape index (κ3) is 1.28. The van der Waals surface area contributed by atoms with E-state index in [4.69, 9.17) is 5.73 Å². The molecule has 0 aliphatic carbocycles. The monoisotopic (exact) mass is 190 g/mol. The minimum Gasteiger partial charge on any atom is -0.326 e. The summed E-state index contributed by atoms with van der Waals surface area (Å²) in [6.45, 7) is 2.60. The van der Waals surface area contributed by atoms with Crippen molar-refractivity contribution in [2.75, 3.05) is 0 Å². The molecule has 0 radical (unpaired) electrons.